The summed E-state index contributed by atoms with van der Waals surface area (Å²) in [4.78, 5) is 0. The summed E-state index contributed by atoms with van der Waals surface area (Å²) >= 11 is 0. The van der Waals surface area contributed by atoms with E-state index in [9.17, 15) is 0 Å². The molecular weight excluding hydrogens is 250 g/mol. The molecule has 1 aliphatic heterocycles. The molecule has 2 rings (SSSR count). The second-order valence-corrected chi connectivity index (χ2v) is 6.19. The monoisotopic (exact) mass is 278 g/mol. The first-order valence-corrected chi connectivity index (χ1v) is 7.67. The van der Waals surface area contributed by atoms with Gasteiger partial charge in [0.2, 0.25) is 0 Å². The summed E-state index contributed by atoms with van der Waals surface area (Å²) in [5, 5.41) is 0. The highest BCUT2D eigenvalue weighted by Gasteiger charge is 2.41. The fourth-order valence-corrected chi connectivity index (χ4v) is 3.41. The minimum absolute atomic E-state index is 0.154. The zero-order valence-electron chi connectivity index (χ0n) is 13.0. The van der Waals surface area contributed by atoms with Crippen LogP contribution in [0.15, 0.2) is 24.3 Å². The van der Waals surface area contributed by atoms with E-state index in [2.05, 4.69) is 37.8 Å². The lowest BCUT2D eigenvalue weighted by atomic mass is 9.68. The highest BCUT2D eigenvalue weighted by atomic mass is 16.5. The molecule has 1 heterocycles. The van der Waals surface area contributed by atoms with E-state index in [1.807, 2.05) is 6.07 Å². The molecule has 2 atom stereocenters. The minimum Gasteiger partial charge on any atom is -0.496 e. The Morgan fingerprint density at radius 2 is 2.15 bits per heavy atom. The number of quaternary nitrogens is 1. The van der Waals surface area contributed by atoms with Crippen molar-refractivity contribution in [1.82, 2.24) is 0 Å². The molecule has 1 aromatic rings. The van der Waals surface area contributed by atoms with Gasteiger partial charge in [0.25, 0.3) is 0 Å². The summed E-state index contributed by atoms with van der Waals surface area (Å²) in [6.07, 6.45) is 3.56. The third kappa shape index (κ3) is 2.99. The van der Waals surface area contributed by atoms with Gasteiger partial charge in [-0.05, 0) is 24.8 Å². The number of methoxy groups -OCH3 is 1. The van der Waals surface area contributed by atoms with Crippen LogP contribution < -0.4 is 10.5 Å². The number of hydrogen-bond acceptors (Lipinski definition) is 2. The van der Waals surface area contributed by atoms with Crippen molar-refractivity contribution in [3.8, 4) is 5.75 Å². The summed E-state index contributed by atoms with van der Waals surface area (Å²) < 4.78 is 11.6. The number of para-hydroxylation sites is 1. The van der Waals surface area contributed by atoms with Gasteiger partial charge in [0.15, 0.2) is 0 Å². The second-order valence-electron chi connectivity index (χ2n) is 6.19. The maximum Gasteiger partial charge on any atom is 0.122 e. The molecule has 3 N–H and O–H groups in total. The van der Waals surface area contributed by atoms with Crippen molar-refractivity contribution in [1.29, 1.82) is 0 Å². The molecule has 0 unspecified atom stereocenters. The van der Waals surface area contributed by atoms with Crippen LogP contribution in [0.2, 0.25) is 0 Å². The van der Waals surface area contributed by atoms with Crippen LogP contribution in [0.3, 0.4) is 0 Å². The highest BCUT2D eigenvalue weighted by Crippen LogP contribution is 2.44. The van der Waals surface area contributed by atoms with E-state index in [0.717, 1.165) is 38.2 Å². The first kappa shape index (κ1) is 15.3. The topological polar surface area (TPSA) is 46.1 Å². The van der Waals surface area contributed by atoms with Gasteiger partial charge in [-0.3, -0.25) is 0 Å². The predicted molar refractivity (Wildman–Crippen MR) is 80.9 cm³/mol. The van der Waals surface area contributed by atoms with Crippen LogP contribution in [0.1, 0.15) is 38.7 Å². The molecule has 1 aliphatic rings. The summed E-state index contributed by atoms with van der Waals surface area (Å²) in [5.74, 6) is 1.56. The minimum atomic E-state index is 0.154. The van der Waals surface area contributed by atoms with Crippen molar-refractivity contribution < 1.29 is 15.2 Å². The lowest BCUT2D eigenvalue weighted by Crippen LogP contribution is -2.54. The van der Waals surface area contributed by atoms with E-state index >= 15 is 0 Å². The summed E-state index contributed by atoms with van der Waals surface area (Å²) in [6.45, 7) is 6.27. The lowest BCUT2D eigenvalue weighted by molar-refractivity contribution is -0.371. The second kappa shape index (κ2) is 6.59. The van der Waals surface area contributed by atoms with Gasteiger partial charge in [0.05, 0.1) is 19.8 Å². The van der Waals surface area contributed by atoms with Gasteiger partial charge in [-0.1, -0.05) is 32.0 Å². The van der Waals surface area contributed by atoms with Crippen LogP contribution in [0.4, 0.5) is 0 Å². The average Bonchev–Trinajstić information content (AvgIpc) is 2.47. The molecule has 0 aromatic heterocycles. The van der Waals surface area contributed by atoms with E-state index in [-0.39, 0.29) is 5.41 Å². The van der Waals surface area contributed by atoms with Crippen molar-refractivity contribution in [3.05, 3.63) is 29.8 Å². The zero-order chi connectivity index (χ0) is 14.6. The Balaban J connectivity index is 2.38. The Hall–Kier alpha value is -1.06. The van der Waals surface area contributed by atoms with Gasteiger partial charge < -0.3 is 15.2 Å². The van der Waals surface area contributed by atoms with E-state index < -0.39 is 0 Å². The van der Waals surface area contributed by atoms with Crippen molar-refractivity contribution >= 4 is 0 Å². The van der Waals surface area contributed by atoms with E-state index in [1.165, 1.54) is 5.56 Å². The highest BCUT2D eigenvalue weighted by molar-refractivity contribution is 5.40. The standard InChI is InChI=1S/C17H27NO2/c1-13(2)16-12-17(8-10-18,9-11-20-16)14-6-4-5-7-15(14)19-3/h4-7,13,16H,8-12,18H2,1-3H3/p+1/t16-,17-/m0/s1. The Labute approximate surface area is 122 Å². The Morgan fingerprint density at radius 1 is 1.40 bits per heavy atom. The molecule has 3 heteroatoms. The molecule has 0 spiro atoms. The van der Waals surface area contributed by atoms with Crippen LogP contribution >= 0.6 is 0 Å². The third-order valence-electron chi connectivity index (χ3n) is 4.58. The number of ether oxygens (including phenoxy) is 2. The van der Waals surface area contributed by atoms with Gasteiger partial charge in [0.1, 0.15) is 5.75 Å². The van der Waals surface area contributed by atoms with Crippen molar-refractivity contribution in [2.75, 3.05) is 20.3 Å². The van der Waals surface area contributed by atoms with Crippen LogP contribution in [-0.4, -0.2) is 26.4 Å². The normalized spacial score (nSPS) is 26.8. The SMILES string of the molecule is COc1ccccc1[C@@]1(CC[NH3+])CCO[C@H](C(C)C)C1. The van der Waals surface area contributed by atoms with Crippen LogP contribution in [-0.2, 0) is 10.2 Å². The maximum absolute atomic E-state index is 5.97. The van der Waals surface area contributed by atoms with E-state index in [4.69, 9.17) is 9.47 Å². The van der Waals surface area contributed by atoms with Crippen molar-refractivity contribution in [2.24, 2.45) is 5.92 Å². The molecule has 1 saturated heterocycles. The number of benzene rings is 1. The van der Waals surface area contributed by atoms with E-state index in [1.54, 1.807) is 7.11 Å². The van der Waals surface area contributed by atoms with Gasteiger partial charge in [-0.25, -0.2) is 0 Å². The Morgan fingerprint density at radius 3 is 2.80 bits per heavy atom. The molecule has 3 nitrogen and oxygen atoms in total. The number of rotatable bonds is 5. The summed E-state index contributed by atoms with van der Waals surface area (Å²) in [5.41, 5.74) is 5.58. The Bertz CT molecular complexity index is 429. The van der Waals surface area contributed by atoms with Crippen molar-refractivity contribution in [2.45, 2.75) is 44.6 Å². The van der Waals surface area contributed by atoms with Gasteiger partial charge in [0, 0.05) is 24.0 Å². The Kier molecular flexibility index (Phi) is 5.06. The molecular formula is C17H28NO2+. The first-order valence-electron chi connectivity index (χ1n) is 7.67. The predicted octanol–water partition coefficient (Wildman–Crippen LogP) is 2.40. The summed E-state index contributed by atoms with van der Waals surface area (Å²) in [6, 6.07) is 8.44. The van der Waals surface area contributed by atoms with Crippen LogP contribution in [0.5, 0.6) is 5.75 Å². The maximum atomic E-state index is 5.97. The molecule has 1 aromatic carbocycles. The summed E-state index contributed by atoms with van der Waals surface area (Å²) in [7, 11) is 1.76. The molecule has 20 heavy (non-hydrogen) atoms. The number of hydrogen-bond donors (Lipinski definition) is 1. The van der Waals surface area contributed by atoms with Crippen LogP contribution in [0.25, 0.3) is 0 Å². The van der Waals surface area contributed by atoms with Gasteiger partial charge >= 0.3 is 0 Å². The molecule has 0 bridgehead atoms. The van der Waals surface area contributed by atoms with E-state index in [0.29, 0.717) is 12.0 Å². The van der Waals surface area contributed by atoms with Gasteiger partial charge in [-0.15, -0.1) is 0 Å². The quantitative estimate of drug-likeness (QED) is 0.899. The largest absolute Gasteiger partial charge is 0.496 e. The molecule has 1 fully saturated rings. The fraction of sp³-hybridized carbons (Fsp3) is 0.647. The average molecular weight is 278 g/mol. The molecule has 0 radical (unpaired) electrons. The smallest absolute Gasteiger partial charge is 0.122 e. The van der Waals surface area contributed by atoms with Crippen molar-refractivity contribution in [3.63, 3.8) is 0 Å². The molecule has 0 aliphatic carbocycles. The van der Waals surface area contributed by atoms with Gasteiger partial charge in [-0.2, -0.15) is 0 Å². The zero-order valence-corrected chi connectivity index (χ0v) is 13.0. The third-order valence-corrected chi connectivity index (χ3v) is 4.58. The molecule has 112 valence electrons. The molecule has 0 saturated carbocycles. The first-order chi connectivity index (χ1) is 9.63. The van der Waals surface area contributed by atoms with Crippen LogP contribution in [0, 0.1) is 5.92 Å². The molecule has 0 amide bonds. The fourth-order valence-electron chi connectivity index (χ4n) is 3.41. The lowest BCUT2D eigenvalue weighted by Gasteiger charge is -2.42.